The van der Waals surface area contributed by atoms with Crippen molar-refractivity contribution in [3.05, 3.63) is 0 Å². The SMILES string of the molecule is CC(C)(C)C(=O)[C@H](O)C(C)(C)C. The van der Waals surface area contributed by atoms with Crippen molar-refractivity contribution in [1.82, 2.24) is 0 Å². The van der Waals surface area contributed by atoms with Gasteiger partial charge in [0.15, 0.2) is 5.78 Å². The minimum atomic E-state index is -0.863. The molecule has 1 N–H and O–H groups in total. The van der Waals surface area contributed by atoms with Crippen molar-refractivity contribution in [1.29, 1.82) is 0 Å². The molecule has 2 nitrogen and oxygen atoms in total. The number of rotatable bonds is 1. The zero-order chi connectivity index (χ0) is 10.2. The molecule has 0 amide bonds. The Kier molecular flexibility index (Phi) is 3.07. The number of hydrogen-bond donors (Lipinski definition) is 1. The van der Waals surface area contributed by atoms with E-state index in [0.717, 1.165) is 0 Å². The van der Waals surface area contributed by atoms with Gasteiger partial charge in [-0.2, -0.15) is 0 Å². The van der Waals surface area contributed by atoms with Gasteiger partial charge in [0.05, 0.1) is 0 Å². The van der Waals surface area contributed by atoms with Crippen LogP contribution in [0.15, 0.2) is 0 Å². The highest BCUT2D eigenvalue weighted by Gasteiger charge is 2.35. The van der Waals surface area contributed by atoms with Gasteiger partial charge < -0.3 is 5.11 Å². The molecule has 0 aliphatic heterocycles. The Morgan fingerprint density at radius 1 is 1.08 bits per heavy atom. The molecule has 0 aliphatic rings. The molecule has 0 rings (SSSR count). The molecule has 0 unspecified atom stereocenters. The maximum Gasteiger partial charge on any atom is 0.167 e. The molecule has 72 valence electrons. The molecule has 0 heterocycles. The van der Waals surface area contributed by atoms with Crippen LogP contribution in [0.2, 0.25) is 0 Å². The molecule has 2 heteroatoms. The number of hydrogen-bond acceptors (Lipinski definition) is 2. The van der Waals surface area contributed by atoms with Gasteiger partial charge in [0, 0.05) is 5.41 Å². The fourth-order valence-electron chi connectivity index (χ4n) is 0.803. The maximum atomic E-state index is 11.6. The smallest absolute Gasteiger partial charge is 0.167 e. The van der Waals surface area contributed by atoms with E-state index in [9.17, 15) is 9.90 Å². The lowest BCUT2D eigenvalue weighted by Crippen LogP contribution is -2.40. The van der Waals surface area contributed by atoms with Crippen molar-refractivity contribution in [2.75, 3.05) is 0 Å². The van der Waals surface area contributed by atoms with Crippen LogP contribution in [0.1, 0.15) is 41.5 Å². The highest BCUT2D eigenvalue weighted by molar-refractivity contribution is 5.88. The zero-order valence-corrected chi connectivity index (χ0v) is 8.93. The summed E-state index contributed by atoms with van der Waals surface area (Å²) in [5.74, 6) is -0.0880. The highest BCUT2D eigenvalue weighted by Crippen LogP contribution is 2.27. The summed E-state index contributed by atoms with van der Waals surface area (Å²) in [5, 5.41) is 9.64. The van der Waals surface area contributed by atoms with Crippen LogP contribution in [0.25, 0.3) is 0 Å². The van der Waals surface area contributed by atoms with Crippen molar-refractivity contribution >= 4 is 5.78 Å². The summed E-state index contributed by atoms with van der Waals surface area (Å²) in [4.78, 5) is 11.6. The Morgan fingerprint density at radius 2 is 1.42 bits per heavy atom. The molecule has 0 fully saturated rings. The van der Waals surface area contributed by atoms with Crippen molar-refractivity contribution in [3.8, 4) is 0 Å². The predicted molar refractivity (Wildman–Crippen MR) is 49.9 cm³/mol. The fourth-order valence-corrected chi connectivity index (χ4v) is 0.803. The third-order valence-electron chi connectivity index (χ3n) is 1.81. The van der Waals surface area contributed by atoms with Gasteiger partial charge in [-0.25, -0.2) is 0 Å². The minimum absolute atomic E-state index is 0.0880. The Labute approximate surface area is 75.0 Å². The highest BCUT2D eigenvalue weighted by atomic mass is 16.3. The van der Waals surface area contributed by atoms with Crippen LogP contribution in [-0.4, -0.2) is 17.0 Å². The molecule has 0 aromatic heterocycles. The predicted octanol–water partition coefficient (Wildman–Crippen LogP) is 2.01. The van der Waals surface area contributed by atoms with Crippen LogP contribution < -0.4 is 0 Å². The van der Waals surface area contributed by atoms with Crippen LogP contribution in [0.3, 0.4) is 0 Å². The lowest BCUT2D eigenvalue weighted by Gasteiger charge is -2.29. The van der Waals surface area contributed by atoms with Crippen LogP contribution in [0.5, 0.6) is 0 Å². The van der Waals surface area contributed by atoms with Crippen molar-refractivity contribution < 1.29 is 9.90 Å². The second-order valence-electron chi connectivity index (χ2n) is 5.38. The van der Waals surface area contributed by atoms with Crippen molar-refractivity contribution in [2.24, 2.45) is 10.8 Å². The Hall–Kier alpha value is -0.370. The monoisotopic (exact) mass is 172 g/mol. The largest absolute Gasteiger partial charge is 0.385 e. The fraction of sp³-hybridized carbons (Fsp3) is 0.900. The van der Waals surface area contributed by atoms with E-state index in [1.165, 1.54) is 0 Å². The number of carbonyl (C=O) groups excluding carboxylic acids is 1. The first kappa shape index (κ1) is 11.6. The summed E-state index contributed by atoms with van der Waals surface area (Å²) in [6.45, 7) is 11.1. The molecule has 0 aromatic rings. The Bertz CT molecular complexity index is 169. The van der Waals surface area contributed by atoms with Crippen LogP contribution in [0, 0.1) is 10.8 Å². The molecule has 0 saturated heterocycles. The van der Waals surface area contributed by atoms with E-state index in [-0.39, 0.29) is 11.2 Å². The number of carbonyl (C=O) groups is 1. The van der Waals surface area contributed by atoms with E-state index in [4.69, 9.17) is 0 Å². The second-order valence-corrected chi connectivity index (χ2v) is 5.38. The first-order valence-corrected chi connectivity index (χ1v) is 4.29. The van der Waals surface area contributed by atoms with E-state index in [0.29, 0.717) is 0 Å². The van der Waals surface area contributed by atoms with Crippen LogP contribution >= 0.6 is 0 Å². The number of Topliss-reactive ketones (excluding diaryl/α,β-unsaturated/α-hetero) is 1. The third-order valence-corrected chi connectivity index (χ3v) is 1.81. The molecule has 0 spiro atoms. The van der Waals surface area contributed by atoms with E-state index in [2.05, 4.69) is 0 Å². The average Bonchev–Trinajstić information content (AvgIpc) is 1.80. The molecule has 0 saturated carbocycles. The van der Waals surface area contributed by atoms with Crippen molar-refractivity contribution in [2.45, 2.75) is 47.6 Å². The van der Waals surface area contributed by atoms with Crippen LogP contribution in [0.4, 0.5) is 0 Å². The van der Waals surface area contributed by atoms with Gasteiger partial charge in [-0.15, -0.1) is 0 Å². The topological polar surface area (TPSA) is 37.3 Å². The van der Waals surface area contributed by atoms with Crippen molar-refractivity contribution in [3.63, 3.8) is 0 Å². The molecule has 0 radical (unpaired) electrons. The standard InChI is InChI=1S/C10H20O2/c1-9(2,3)7(11)8(12)10(4,5)6/h7,11H,1-6H3/t7-/m0/s1. The lowest BCUT2D eigenvalue weighted by atomic mass is 9.78. The normalized spacial score (nSPS) is 15.9. The minimum Gasteiger partial charge on any atom is -0.385 e. The van der Waals surface area contributed by atoms with Gasteiger partial charge in [0.1, 0.15) is 6.10 Å². The maximum absolute atomic E-state index is 11.6. The summed E-state index contributed by atoms with van der Waals surface area (Å²) in [6.07, 6.45) is -0.863. The van der Waals surface area contributed by atoms with E-state index >= 15 is 0 Å². The van der Waals surface area contributed by atoms with E-state index in [1.807, 2.05) is 41.5 Å². The molecule has 12 heavy (non-hydrogen) atoms. The Balaban J connectivity index is 4.53. The second kappa shape index (κ2) is 3.17. The van der Waals surface area contributed by atoms with Gasteiger partial charge >= 0.3 is 0 Å². The summed E-state index contributed by atoms with van der Waals surface area (Å²) >= 11 is 0. The molecular weight excluding hydrogens is 152 g/mol. The third kappa shape index (κ3) is 2.94. The van der Waals surface area contributed by atoms with Gasteiger partial charge in [-0.1, -0.05) is 41.5 Å². The van der Waals surface area contributed by atoms with Crippen LogP contribution in [-0.2, 0) is 4.79 Å². The summed E-state index contributed by atoms with van der Waals surface area (Å²) in [7, 11) is 0. The van der Waals surface area contributed by atoms with Gasteiger partial charge in [0.2, 0.25) is 0 Å². The molecule has 0 aliphatic carbocycles. The zero-order valence-electron chi connectivity index (χ0n) is 8.93. The van der Waals surface area contributed by atoms with Gasteiger partial charge in [0.25, 0.3) is 0 Å². The number of aliphatic hydroxyl groups is 1. The number of aliphatic hydroxyl groups excluding tert-OH is 1. The number of ketones is 1. The van der Waals surface area contributed by atoms with Gasteiger partial charge in [-0.3, -0.25) is 4.79 Å². The molecular formula is C10H20O2. The molecule has 0 aromatic carbocycles. The molecule has 0 bridgehead atoms. The lowest BCUT2D eigenvalue weighted by molar-refractivity contribution is -0.140. The quantitative estimate of drug-likeness (QED) is 0.657. The van der Waals surface area contributed by atoms with E-state index < -0.39 is 11.5 Å². The summed E-state index contributed by atoms with van der Waals surface area (Å²) < 4.78 is 0. The summed E-state index contributed by atoms with van der Waals surface area (Å²) in [5.41, 5.74) is -0.808. The molecule has 1 atom stereocenters. The van der Waals surface area contributed by atoms with E-state index in [1.54, 1.807) is 0 Å². The first-order valence-electron chi connectivity index (χ1n) is 4.29. The Morgan fingerprint density at radius 3 is 1.50 bits per heavy atom. The average molecular weight is 172 g/mol. The van der Waals surface area contributed by atoms with Gasteiger partial charge in [-0.05, 0) is 5.41 Å². The first-order chi connectivity index (χ1) is 5.07. The summed E-state index contributed by atoms with van der Waals surface area (Å²) in [6, 6.07) is 0.